The Balaban J connectivity index is 1.93. The fourth-order valence-corrected chi connectivity index (χ4v) is 3.44. The summed E-state index contributed by atoms with van der Waals surface area (Å²) in [6.07, 6.45) is 10.0. The predicted molar refractivity (Wildman–Crippen MR) is 51.2 cm³/mol. The monoisotopic (exact) mass is 181 g/mol. The van der Waals surface area contributed by atoms with Crippen molar-refractivity contribution >= 4 is 0 Å². The van der Waals surface area contributed by atoms with Crippen molar-refractivity contribution in [3.05, 3.63) is 0 Å². The molecular formula is C11H19NO. The minimum Gasteiger partial charge on any atom is -0.295 e. The molecule has 0 radical (unpaired) electrons. The molecule has 3 saturated heterocycles. The van der Waals surface area contributed by atoms with E-state index in [2.05, 4.69) is 12.0 Å². The van der Waals surface area contributed by atoms with Crippen LogP contribution in [-0.2, 0) is 4.84 Å². The first-order valence-corrected chi connectivity index (χ1v) is 5.74. The van der Waals surface area contributed by atoms with Crippen LogP contribution in [0.15, 0.2) is 0 Å². The van der Waals surface area contributed by atoms with E-state index < -0.39 is 0 Å². The van der Waals surface area contributed by atoms with Crippen LogP contribution in [0.5, 0.6) is 0 Å². The molecule has 2 nitrogen and oxygen atoms in total. The van der Waals surface area contributed by atoms with Crippen LogP contribution in [0.25, 0.3) is 0 Å². The van der Waals surface area contributed by atoms with Gasteiger partial charge in [0.25, 0.3) is 0 Å². The van der Waals surface area contributed by atoms with E-state index in [1.54, 1.807) is 0 Å². The third-order valence-corrected chi connectivity index (χ3v) is 4.12. The molecule has 0 aliphatic carbocycles. The van der Waals surface area contributed by atoms with E-state index >= 15 is 0 Å². The number of hydroxylamine groups is 2. The summed E-state index contributed by atoms with van der Waals surface area (Å²) in [6, 6.07) is 0.742. The van der Waals surface area contributed by atoms with E-state index in [0.29, 0.717) is 11.6 Å². The van der Waals surface area contributed by atoms with Gasteiger partial charge in [-0.1, -0.05) is 12.8 Å². The van der Waals surface area contributed by atoms with E-state index in [1.807, 2.05) is 0 Å². The summed E-state index contributed by atoms with van der Waals surface area (Å²) in [5, 5.41) is 2.37. The largest absolute Gasteiger partial charge is 0.295 e. The summed E-state index contributed by atoms with van der Waals surface area (Å²) in [5.41, 5.74) is 0.391. The highest BCUT2D eigenvalue weighted by Crippen LogP contribution is 2.46. The van der Waals surface area contributed by atoms with Crippen LogP contribution >= 0.6 is 0 Å². The predicted octanol–water partition coefficient (Wildman–Crippen LogP) is 2.49. The van der Waals surface area contributed by atoms with Gasteiger partial charge in [0.05, 0.1) is 6.10 Å². The molecule has 3 rings (SSSR count). The van der Waals surface area contributed by atoms with E-state index in [1.165, 1.54) is 44.9 Å². The van der Waals surface area contributed by atoms with Crippen molar-refractivity contribution in [3.8, 4) is 0 Å². The molecule has 3 fully saturated rings. The SMILES string of the molecule is C[C@]12CCCC[C@@H]3CC[C@H](C1)ON32. The van der Waals surface area contributed by atoms with Crippen LogP contribution in [-0.4, -0.2) is 22.7 Å². The fourth-order valence-electron chi connectivity index (χ4n) is 3.44. The zero-order chi connectivity index (χ0) is 8.89. The molecule has 0 N–H and O–H groups in total. The molecule has 0 amide bonds. The average molecular weight is 181 g/mol. The van der Waals surface area contributed by atoms with E-state index in [0.717, 1.165) is 6.04 Å². The van der Waals surface area contributed by atoms with E-state index in [4.69, 9.17) is 4.84 Å². The van der Waals surface area contributed by atoms with Gasteiger partial charge < -0.3 is 0 Å². The Morgan fingerprint density at radius 2 is 2.15 bits per heavy atom. The van der Waals surface area contributed by atoms with Crippen LogP contribution in [0.1, 0.15) is 51.9 Å². The first kappa shape index (κ1) is 8.25. The van der Waals surface area contributed by atoms with E-state index in [9.17, 15) is 0 Å². The summed E-state index contributed by atoms with van der Waals surface area (Å²) in [5.74, 6) is 0. The highest BCUT2D eigenvalue weighted by molar-refractivity contribution is 4.98. The summed E-state index contributed by atoms with van der Waals surface area (Å²) >= 11 is 0. The second-order valence-electron chi connectivity index (χ2n) is 5.23. The van der Waals surface area contributed by atoms with Crippen molar-refractivity contribution in [2.24, 2.45) is 0 Å². The Morgan fingerprint density at radius 3 is 3.08 bits per heavy atom. The van der Waals surface area contributed by atoms with Crippen molar-refractivity contribution in [3.63, 3.8) is 0 Å². The molecule has 2 heteroatoms. The maximum atomic E-state index is 5.98. The van der Waals surface area contributed by atoms with Crippen LogP contribution < -0.4 is 0 Å². The topological polar surface area (TPSA) is 12.5 Å². The van der Waals surface area contributed by atoms with Crippen LogP contribution in [0, 0.1) is 0 Å². The zero-order valence-corrected chi connectivity index (χ0v) is 8.46. The van der Waals surface area contributed by atoms with Crippen molar-refractivity contribution < 1.29 is 4.84 Å². The van der Waals surface area contributed by atoms with Gasteiger partial charge in [-0.3, -0.25) is 4.84 Å². The van der Waals surface area contributed by atoms with Gasteiger partial charge in [0.1, 0.15) is 0 Å². The van der Waals surface area contributed by atoms with Gasteiger partial charge in [0, 0.05) is 11.6 Å². The molecule has 3 atom stereocenters. The Hall–Kier alpha value is -0.0800. The second-order valence-corrected chi connectivity index (χ2v) is 5.23. The van der Waals surface area contributed by atoms with Gasteiger partial charge in [-0.05, 0) is 39.0 Å². The molecule has 3 aliphatic heterocycles. The minimum atomic E-state index is 0.391. The smallest absolute Gasteiger partial charge is 0.0812 e. The first-order valence-electron chi connectivity index (χ1n) is 5.74. The van der Waals surface area contributed by atoms with Gasteiger partial charge in [0.15, 0.2) is 0 Å². The molecule has 3 aliphatic rings. The molecule has 3 heterocycles. The second kappa shape index (κ2) is 2.71. The quantitative estimate of drug-likeness (QED) is 0.569. The van der Waals surface area contributed by atoms with Gasteiger partial charge in [-0.15, -0.1) is 0 Å². The lowest BCUT2D eigenvalue weighted by molar-refractivity contribution is -0.232. The third-order valence-electron chi connectivity index (χ3n) is 4.12. The molecule has 0 spiro atoms. The van der Waals surface area contributed by atoms with Crippen molar-refractivity contribution in [2.45, 2.75) is 69.6 Å². The molecule has 2 bridgehead atoms. The zero-order valence-electron chi connectivity index (χ0n) is 8.46. The first-order chi connectivity index (χ1) is 6.28. The molecule has 0 unspecified atom stereocenters. The maximum absolute atomic E-state index is 5.98. The van der Waals surface area contributed by atoms with Crippen molar-refractivity contribution in [2.75, 3.05) is 0 Å². The fraction of sp³-hybridized carbons (Fsp3) is 1.00. The summed E-state index contributed by atoms with van der Waals surface area (Å²) in [7, 11) is 0. The molecule has 13 heavy (non-hydrogen) atoms. The van der Waals surface area contributed by atoms with Gasteiger partial charge >= 0.3 is 0 Å². The molecule has 0 aromatic carbocycles. The minimum absolute atomic E-state index is 0.391. The van der Waals surface area contributed by atoms with Crippen LogP contribution in [0.4, 0.5) is 0 Å². The standard InChI is InChI=1S/C11H19NO/c1-11-7-3-2-4-9-5-6-10(8-11)13-12(9)11/h9-10H,2-8H2,1H3/t9-,10-,11+/m1/s1. The number of rotatable bonds is 0. The normalized spacial score (nSPS) is 50.5. The number of hydrogen-bond donors (Lipinski definition) is 0. The lowest BCUT2D eigenvalue weighted by atomic mass is 9.90. The highest BCUT2D eigenvalue weighted by atomic mass is 16.7. The molecule has 0 aromatic rings. The van der Waals surface area contributed by atoms with Crippen LogP contribution in [0.3, 0.4) is 0 Å². The summed E-state index contributed by atoms with van der Waals surface area (Å²) in [4.78, 5) is 5.98. The lowest BCUT2D eigenvalue weighted by Crippen LogP contribution is -2.46. The van der Waals surface area contributed by atoms with Gasteiger partial charge in [-0.2, -0.15) is 5.06 Å². The molecule has 0 saturated carbocycles. The molecular weight excluding hydrogens is 162 g/mol. The van der Waals surface area contributed by atoms with E-state index in [-0.39, 0.29) is 0 Å². The summed E-state index contributed by atoms with van der Waals surface area (Å²) in [6.45, 7) is 2.40. The Bertz CT molecular complexity index is 216. The molecule has 74 valence electrons. The average Bonchev–Trinajstić information content (AvgIpc) is 2.28. The number of nitrogens with zero attached hydrogens (tertiary/aromatic N) is 1. The summed E-state index contributed by atoms with van der Waals surface area (Å²) < 4.78 is 0. The molecule has 0 aromatic heterocycles. The Morgan fingerprint density at radius 1 is 1.23 bits per heavy atom. The van der Waals surface area contributed by atoms with Gasteiger partial charge in [0.2, 0.25) is 0 Å². The lowest BCUT2D eigenvalue weighted by Gasteiger charge is -2.37. The Labute approximate surface area is 80.2 Å². The number of fused-ring (bicyclic) bond motifs is 1. The van der Waals surface area contributed by atoms with Crippen molar-refractivity contribution in [1.29, 1.82) is 0 Å². The van der Waals surface area contributed by atoms with Crippen molar-refractivity contribution in [1.82, 2.24) is 5.06 Å². The maximum Gasteiger partial charge on any atom is 0.0812 e. The van der Waals surface area contributed by atoms with Crippen LogP contribution in [0.2, 0.25) is 0 Å². The third kappa shape index (κ3) is 1.15. The highest BCUT2D eigenvalue weighted by Gasteiger charge is 2.50. The Kier molecular flexibility index (Phi) is 1.72. The number of hydrogen-bond acceptors (Lipinski definition) is 2. The van der Waals surface area contributed by atoms with Gasteiger partial charge in [-0.25, -0.2) is 0 Å².